The van der Waals surface area contributed by atoms with Crippen LogP contribution in [0.15, 0.2) is 4.52 Å². The Morgan fingerprint density at radius 3 is 2.00 bits per heavy atom. The summed E-state index contributed by atoms with van der Waals surface area (Å²) in [6, 6.07) is -0.00944. The Balaban J connectivity index is 1.41. The zero-order chi connectivity index (χ0) is 21.4. The van der Waals surface area contributed by atoms with Gasteiger partial charge in [0.15, 0.2) is 11.8 Å². The molecule has 0 spiro atoms. The van der Waals surface area contributed by atoms with Crippen LogP contribution in [0.1, 0.15) is 134 Å². The third kappa shape index (κ3) is 9.48. The van der Waals surface area contributed by atoms with Crippen LogP contribution in [0, 0.1) is 5.41 Å². The molecule has 0 aliphatic carbocycles. The molecule has 30 heavy (non-hydrogen) atoms. The van der Waals surface area contributed by atoms with E-state index in [1.807, 2.05) is 4.90 Å². The highest BCUT2D eigenvalue weighted by Gasteiger charge is 2.31. The van der Waals surface area contributed by atoms with Gasteiger partial charge in [0, 0.05) is 13.0 Å². The number of unbranched alkanes of at least 4 members (excludes halogenated alkanes) is 14. The van der Waals surface area contributed by atoms with Crippen LogP contribution in [0.4, 0.5) is 0 Å². The molecule has 1 aliphatic rings. The summed E-state index contributed by atoms with van der Waals surface area (Å²) in [6.07, 6.45) is 23.4. The Kier molecular flexibility index (Phi) is 12.5. The van der Waals surface area contributed by atoms with E-state index in [0.717, 1.165) is 38.1 Å². The summed E-state index contributed by atoms with van der Waals surface area (Å²) in [5.41, 5.74) is 5.65. The summed E-state index contributed by atoms with van der Waals surface area (Å²) in [5, 5.41) is 11.8. The van der Waals surface area contributed by atoms with Gasteiger partial charge in [-0.3, -0.25) is 5.41 Å². The SMILES string of the molecule is CCCCCCCCCCCCCCCCCc1noc([C@@H]2CCCN2C(=N)N)n1. The van der Waals surface area contributed by atoms with Gasteiger partial charge in [-0.1, -0.05) is 102 Å². The van der Waals surface area contributed by atoms with E-state index in [9.17, 15) is 0 Å². The number of nitrogens with two attached hydrogens (primary N) is 1. The number of aromatic nitrogens is 2. The Labute approximate surface area is 183 Å². The van der Waals surface area contributed by atoms with Crippen LogP contribution >= 0.6 is 0 Å². The molecule has 172 valence electrons. The molecule has 1 aliphatic heterocycles. The maximum Gasteiger partial charge on any atom is 0.249 e. The molecule has 1 aromatic rings. The second-order valence-corrected chi connectivity index (χ2v) is 8.99. The first kappa shape index (κ1) is 24.7. The first-order chi connectivity index (χ1) is 14.7. The molecule has 1 saturated heterocycles. The fourth-order valence-corrected chi connectivity index (χ4v) is 4.47. The van der Waals surface area contributed by atoms with Crippen molar-refractivity contribution in [2.24, 2.45) is 5.73 Å². The average molecular weight is 420 g/mol. The Bertz CT molecular complexity index is 574. The molecule has 1 aromatic heterocycles. The second kappa shape index (κ2) is 15.2. The largest absolute Gasteiger partial charge is 0.370 e. The van der Waals surface area contributed by atoms with Crippen molar-refractivity contribution < 1.29 is 4.52 Å². The normalized spacial score (nSPS) is 16.4. The quantitative estimate of drug-likeness (QED) is 0.170. The number of likely N-dealkylation sites (tertiary alicyclic amines) is 1. The fourth-order valence-electron chi connectivity index (χ4n) is 4.47. The van der Waals surface area contributed by atoms with E-state index in [0.29, 0.717) is 5.89 Å². The van der Waals surface area contributed by atoms with Crippen LogP contribution in [0.5, 0.6) is 0 Å². The molecule has 1 fully saturated rings. The molecule has 2 rings (SSSR count). The van der Waals surface area contributed by atoms with Crippen LogP contribution < -0.4 is 5.73 Å². The fraction of sp³-hybridized carbons (Fsp3) is 0.875. The molecule has 0 bridgehead atoms. The van der Waals surface area contributed by atoms with E-state index in [-0.39, 0.29) is 12.0 Å². The zero-order valence-electron chi connectivity index (χ0n) is 19.3. The molecular formula is C24H45N5O. The maximum atomic E-state index is 7.67. The zero-order valence-corrected chi connectivity index (χ0v) is 19.3. The van der Waals surface area contributed by atoms with Gasteiger partial charge in [0.1, 0.15) is 6.04 Å². The van der Waals surface area contributed by atoms with E-state index < -0.39 is 0 Å². The summed E-state index contributed by atoms with van der Waals surface area (Å²) in [6.45, 7) is 3.09. The number of guanidine groups is 1. The van der Waals surface area contributed by atoms with Gasteiger partial charge in [-0.15, -0.1) is 0 Å². The smallest absolute Gasteiger partial charge is 0.249 e. The predicted molar refractivity (Wildman–Crippen MR) is 124 cm³/mol. The molecule has 0 unspecified atom stereocenters. The topological polar surface area (TPSA) is 92.0 Å². The second-order valence-electron chi connectivity index (χ2n) is 8.99. The number of rotatable bonds is 17. The molecule has 2 heterocycles. The Morgan fingerprint density at radius 2 is 1.47 bits per heavy atom. The van der Waals surface area contributed by atoms with E-state index in [1.54, 1.807) is 0 Å². The third-order valence-corrected chi connectivity index (χ3v) is 6.34. The van der Waals surface area contributed by atoms with Crippen molar-refractivity contribution in [2.45, 2.75) is 129 Å². The van der Waals surface area contributed by atoms with E-state index in [2.05, 4.69) is 17.1 Å². The van der Waals surface area contributed by atoms with Crippen LogP contribution in [-0.4, -0.2) is 27.5 Å². The van der Waals surface area contributed by atoms with E-state index >= 15 is 0 Å². The van der Waals surface area contributed by atoms with Gasteiger partial charge in [0.05, 0.1) is 0 Å². The van der Waals surface area contributed by atoms with Crippen molar-refractivity contribution >= 4 is 5.96 Å². The summed E-state index contributed by atoms with van der Waals surface area (Å²) < 4.78 is 5.45. The molecule has 0 saturated carbocycles. The Morgan fingerprint density at radius 1 is 0.933 bits per heavy atom. The minimum atomic E-state index is -0.00944. The lowest BCUT2D eigenvalue weighted by Gasteiger charge is -2.21. The standard InChI is InChI=1S/C24H45N5O/c1-2-3-4-5-6-7-8-9-10-11-12-13-14-15-16-19-22-27-23(30-28-22)21-18-17-20-29(21)24(25)26/h21H,2-20H2,1H3,(H3,25,26)/t21-/m0/s1. The summed E-state index contributed by atoms with van der Waals surface area (Å²) in [4.78, 5) is 6.41. The van der Waals surface area contributed by atoms with Gasteiger partial charge >= 0.3 is 0 Å². The highest BCUT2D eigenvalue weighted by molar-refractivity contribution is 5.75. The van der Waals surface area contributed by atoms with Crippen molar-refractivity contribution in [1.29, 1.82) is 5.41 Å². The molecule has 6 nitrogen and oxygen atoms in total. The summed E-state index contributed by atoms with van der Waals surface area (Å²) >= 11 is 0. The molecule has 6 heteroatoms. The number of hydrogen-bond acceptors (Lipinski definition) is 4. The van der Waals surface area contributed by atoms with Crippen molar-refractivity contribution in [1.82, 2.24) is 15.0 Å². The average Bonchev–Trinajstić information content (AvgIpc) is 3.40. The van der Waals surface area contributed by atoms with Crippen LogP contribution in [0.3, 0.4) is 0 Å². The first-order valence-corrected chi connectivity index (χ1v) is 12.7. The molecule has 3 N–H and O–H groups in total. The lowest BCUT2D eigenvalue weighted by atomic mass is 10.0. The predicted octanol–water partition coefficient (Wildman–Crippen LogP) is 6.51. The highest BCUT2D eigenvalue weighted by Crippen LogP contribution is 2.30. The minimum absolute atomic E-state index is 0.00944. The number of aryl methyl sites for hydroxylation is 1. The first-order valence-electron chi connectivity index (χ1n) is 12.7. The van der Waals surface area contributed by atoms with Crippen LogP contribution in [0.25, 0.3) is 0 Å². The van der Waals surface area contributed by atoms with Gasteiger partial charge in [0.25, 0.3) is 0 Å². The van der Waals surface area contributed by atoms with E-state index in [1.165, 1.54) is 89.9 Å². The number of nitrogens with zero attached hydrogens (tertiary/aromatic N) is 3. The third-order valence-electron chi connectivity index (χ3n) is 6.34. The Hall–Kier alpha value is -1.59. The highest BCUT2D eigenvalue weighted by atomic mass is 16.5. The van der Waals surface area contributed by atoms with Gasteiger partial charge in [-0.05, 0) is 19.3 Å². The van der Waals surface area contributed by atoms with Gasteiger partial charge in [-0.25, -0.2) is 0 Å². The van der Waals surface area contributed by atoms with Crippen LogP contribution in [0.2, 0.25) is 0 Å². The number of nitrogens with one attached hydrogen (secondary N) is 1. The van der Waals surface area contributed by atoms with Gasteiger partial charge in [-0.2, -0.15) is 4.98 Å². The maximum absolute atomic E-state index is 7.67. The monoisotopic (exact) mass is 419 g/mol. The van der Waals surface area contributed by atoms with Crippen molar-refractivity contribution in [3.63, 3.8) is 0 Å². The van der Waals surface area contributed by atoms with Crippen molar-refractivity contribution in [3.8, 4) is 0 Å². The van der Waals surface area contributed by atoms with Crippen molar-refractivity contribution in [2.75, 3.05) is 6.54 Å². The summed E-state index contributed by atoms with van der Waals surface area (Å²) in [5.74, 6) is 1.52. The minimum Gasteiger partial charge on any atom is -0.370 e. The van der Waals surface area contributed by atoms with Gasteiger partial charge < -0.3 is 15.2 Å². The van der Waals surface area contributed by atoms with E-state index in [4.69, 9.17) is 15.7 Å². The molecule has 0 aromatic carbocycles. The number of hydrogen-bond donors (Lipinski definition) is 2. The van der Waals surface area contributed by atoms with Crippen LogP contribution in [-0.2, 0) is 6.42 Å². The van der Waals surface area contributed by atoms with Crippen molar-refractivity contribution in [3.05, 3.63) is 11.7 Å². The lowest BCUT2D eigenvalue weighted by molar-refractivity contribution is 0.282. The molecular weight excluding hydrogens is 374 g/mol. The molecule has 1 atom stereocenters. The lowest BCUT2D eigenvalue weighted by Crippen LogP contribution is -2.35. The summed E-state index contributed by atoms with van der Waals surface area (Å²) in [7, 11) is 0. The van der Waals surface area contributed by atoms with Gasteiger partial charge in [0.2, 0.25) is 5.89 Å². The molecule has 0 amide bonds. The molecule has 0 radical (unpaired) electrons.